The molecule has 1 amide bonds. The fourth-order valence-electron chi connectivity index (χ4n) is 3.18. The molecule has 0 aromatic rings. The van der Waals surface area contributed by atoms with Gasteiger partial charge in [-0.1, -0.05) is 19.3 Å². The maximum Gasteiger partial charge on any atom is 0.239 e. The van der Waals surface area contributed by atoms with Crippen LogP contribution in [0.3, 0.4) is 0 Å². The Hall–Kier alpha value is -0.570. The van der Waals surface area contributed by atoms with Gasteiger partial charge in [0.25, 0.3) is 0 Å². The lowest BCUT2D eigenvalue weighted by molar-refractivity contribution is -0.134. The van der Waals surface area contributed by atoms with Crippen LogP contribution in [-0.4, -0.2) is 36.0 Å². The van der Waals surface area contributed by atoms with E-state index in [0.717, 1.165) is 19.0 Å². The zero-order chi connectivity index (χ0) is 13.0. The predicted octanol–water partition coefficient (Wildman–Crippen LogP) is 2.56. The van der Waals surface area contributed by atoms with Gasteiger partial charge in [-0.05, 0) is 45.4 Å². The monoisotopic (exact) mass is 252 g/mol. The number of amides is 1. The molecule has 3 heteroatoms. The summed E-state index contributed by atoms with van der Waals surface area (Å²) in [6, 6.07) is 0.456. The summed E-state index contributed by atoms with van der Waals surface area (Å²) >= 11 is 0. The Bertz CT molecular complexity index is 270. The molecule has 1 saturated heterocycles. The van der Waals surface area contributed by atoms with Gasteiger partial charge in [0, 0.05) is 19.1 Å². The molecular formula is C15H28N2O. The second kappa shape index (κ2) is 6.55. The number of rotatable bonds is 5. The molecule has 0 aromatic heterocycles. The van der Waals surface area contributed by atoms with E-state index in [1.807, 2.05) is 11.8 Å². The van der Waals surface area contributed by atoms with E-state index in [2.05, 4.69) is 12.2 Å². The summed E-state index contributed by atoms with van der Waals surface area (Å²) in [4.78, 5) is 14.3. The Labute approximate surface area is 111 Å². The molecule has 2 atom stereocenters. The lowest BCUT2D eigenvalue weighted by Gasteiger charge is -2.32. The molecule has 3 nitrogen and oxygen atoms in total. The van der Waals surface area contributed by atoms with Crippen molar-refractivity contribution in [3.05, 3.63) is 0 Å². The van der Waals surface area contributed by atoms with Crippen LogP contribution in [0.1, 0.15) is 58.8 Å². The minimum atomic E-state index is -0.0156. The minimum absolute atomic E-state index is 0.0156. The molecule has 0 spiro atoms. The van der Waals surface area contributed by atoms with Crippen molar-refractivity contribution in [2.45, 2.75) is 70.9 Å². The lowest BCUT2D eigenvalue weighted by Crippen LogP contribution is -2.49. The van der Waals surface area contributed by atoms with Crippen molar-refractivity contribution < 1.29 is 4.79 Å². The molecule has 1 heterocycles. The Balaban J connectivity index is 1.71. The highest BCUT2D eigenvalue weighted by atomic mass is 16.2. The van der Waals surface area contributed by atoms with E-state index >= 15 is 0 Å². The van der Waals surface area contributed by atoms with Gasteiger partial charge in [0.2, 0.25) is 5.91 Å². The highest BCUT2D eigenvalue weighted by molar-refractivity contribution is 5.81. The molecular weight excluding hydrogens is 224 g/mol. The number of piperidine rings is 1. The predicted molar refractivity (Wildman–Crippen MR) is 74.4 cm³/mol. The van der Waals surface area contributed by atoms with Crippen LogP contribution in [0.5, 0.6) is 0 Å². The van der Waals surface area contributed by atoms with Crippen LogP contribution in [0, 0.1) is 5.92 Å². The van der Waals surface area contributed by atoms with Crippen LogP contribution in [0.15, 0.2) is 0 Å². The number of carbonyl (C=O) groups excluding carboxylic acids is 1. The number of carbonyl (C=O) groups is 1. The second-order valence-corrected chi connectivity index (χ2v) is 6.21. The molecule has 2 rings (SSSR count). The van der Waals surface area contributed by atoms with Gasteiger partial charge in [-0.2, -0.15) is 0 Å². The smallest absolute Gasteiger partial charge is 0.239 e. The van der Waals surface area contributed by atoms with Gasteiger partial charge in [0.15, 0.2) is 0 Å². The maximum atomic E-state index is 12.3. The third kappa shape index (κ3) is 3.71. The Morgan fingerprint density at radius 3 is 2.39 bits per heavy atom. The molecule has 0 bridgehead atoms. The van der Waals surface area contributed by atoms with Crippen molar-refractivity contribution in [2.75, 3.05) is 13.1 Å². The van der Waals surface area contributed by atoms with Crippen LogP contribution in [0.2, 0.25) is 0 Å². The van der Waals surface area contributed by atoms with Crippen LogP contribution >= 0.6 is 0 Å². The summed E-state index contributed by atoms with van der Waals surface area (Å²) in [6.07, 6.45) is 9.05. The first-order valence-corrected chi connectivity index (χ1v) is 7.71. The SMILES string of the molecule is CC(CC1CCC1)NC(C)C(=O)N1CCCCC1. The van der Waals surface area contributed by atoms with Crippen molar-refractivity contribution in [2.24, 2.45) is 5.92 Å². The highest BCUT2D eigenvalue weighted by Gasteiger charge is 2.25. The van der Waals surface area contributed by atoms with Crippen molar-refractivity contribution in [3.63, 3.8) is 0 Å². The topological polar surface area (TPSA) is 32.3 Å². The third-order valence-electron chi connectivity index (χ3n) is 4.48. The van der Waals surface area contributed by atoms with Gasteiger partial charge in [-0.25, -0.2) is 0 Å². The van der Waals surface area contributed by atoms with Gasteiger partial charge < -0.3 is 10.2 Å². The van der Waals surface area contributed by atoms with Crippen LogP contribution < -0.4 is 5.32 Å². The van der Waals surface area contributed by atoms with Crippen molar-refractivity contribution >= 4 is 5.91 Å². The average molecular weight is 252 g/mol. The largest absolute Gasteiger partial charge is 0.341 e. The molecule has 0 aromatic carbocycles. The molecule has 2 fully saturated rings. The fraction of sp³-hybridized carbons (Fsp3) is 0.933. The third-order valence-corrected chi connectivity index (χ3v) is 4.48. The Kier molecular flexibility index (Phi) is 5.04. The van der Waals surface area contributed by atoms with E-state index in [4.69, 9.17) is 0 Å². The van der Waals surface area contributed by atoms with E-state index in [1.165, 1.54) is 44.9 Å². The van der Waals surface area contributed by atoms with Gasteiger partial charge in [0.1, 0.15) is 0 Å². The number of hydrogen-bond donors (Lipinski definition) is 1. The van der Waals surface area contributed by atoms with E-state index < -0.39 is 0 Å². The van der Waals surface area contributed by atoms with Crippen LogP contribution in [-0.2, 0) is 4.79 Å². The normalized spacial score (nSPS) is 24.4. The molecule has 0 radical (unpaired) electrons. The summed E-state index contributed by atoms with van der Waals surface area (Å²) in [5.74, 6) is 1.21. The summed E-state index contributed by atoms with van der Waals surface area (Å²) in [7, 11) is 0. The quantitative estimate of drug-likeness (QED) is 0.815. The van der Waals surface area contributed by atoms with Gasteiger partial charge in [-0.3, -0.25) is 4.79 Å². The highest BCUT2D eigenvalue weighted by Crippen LogP contribution is 2.30. The zero-order valence-electron chi connectivity index (χ0n) is 12.0. The molecule has 2 unspecified atom stereocenters. The van der Waals surface area contributed by atoms with Crippen LogP contribution in [0.25, 0.3) is 0 Å². The second-order valence-electron chi connectivity index (χ2n) is 6.21. The number of hydrogen-bond acceptors (Lipinski definition) is 2. The molecule has 1 saturated carbocycles. The summed E-state index contributed by atoms with van der Waals surface area (Å²) in [5.41, 5.74) is 0. The summed E-state index contributed by atoms with van der Waals surface area (Å²) < 4.78 is 0. The minimum Gasteiger partial charge on any atom is -0.341 e. The number of nitrogens with one attached hydrogen (secondary N) is 1. The first-order chi connectivity index (χ1) is 8.66. The van der Waals surface area contributed by atoms with E-state index in [9.17, 15) is 4.79 Å². The number of likely N-dealkylation sites (tertiary alicyclic amines) is 1. The molecule has 1 aliphatic carbocycles. The molecule has 2 aliphatic rings. The first-order valence-electron chi connectivity index (χ1n) is 7.71. The molecule has 1 N–H and O–H groups in total. The number of nitrogens with zero attached hydrogens (tertiary/aromatic N) is 1. The van der Waals surface area contributed by atoms with Gasteiger partial charge >= 0.3 is 0 Å². The zero-order valence-corrected chi connectivity index (χ0v) is 12.0. The van der Waals surface area contributed by atoms with Gasteiger partial charge in [-0.15, -0.1) is 0 Å². The van der Waals surface area contributed by atoms with Crippen molar-refractivity contribution in [3.8, 4) is 0 Å². The summed E-state index contributed by atoms with van der Waals surface area (Å²) in [5, 5.41) is 3.48. The standard InChI is InChI=1S/C15H28N2O/c1-12(11-14-7-6-8-14)16-13(2)15(18)17-9-4-3-5-10-17/h12-14,16H,3-11H2,1-2H3. The molecule has 18 heavy (non-hydrogen) atoms. The van der Waals surface area contributed by atoms with Gasteiger partial charge in [0.05, 0.1) is 6.04 Å². The van der Waals surface area contributed by atoms with Crippen LogP contribution in [0.4, 0.5) is 0 Å². The summed E-state index contributed by atoms with van der Waals surface area (Å²) in [6.45, 7) is 6.16. The average Bonchev–Trinajstić information content (AvgIpc) is 2.34. The van der Waals surface area contributed by atoms with Crippen molar-refractivity contribution in [1.29, 1.82) is 0 Å². The Morgan fingerprint density at radius 1 is 1.17 bits per heavy atom. The molecule has 104 valence electrons. The van der Waals surface area contributed by atoms with E-state index in [1.54, 1.807) is 0 Å². The fourth-order valence-corrected chi connectivity index (χ4v) is 3.18. The molecule has 1 aliphatic heterocycles. The first kappa shape index (κ1) is 13.9. The lowest BCUT2D eigenvalue weighted by atomic mass is 9.81. The Morgan fingerprint density at radius 2 is 1.83 bits per heavy atom. The maximum absolute atomic E-state index is 12.3. The van der Waals surface area contributed by atoms with Crippen molar-refractivity contribution in [1.82, 2.24) is 10.2 Å². The van der Waals surface area contributed by atoms with E-state index in [0.29, 0.717) is 11.9 Å². The van der Waals surface area contributed by atoms with E-state index in [-0.39, 0.29) is 6.04 Å².